The average Bonchev–Trinajstić information content (AvgIpc) is 1.60. The summed E-state index contributed by atoms with van der Waals surface area (Å²) in [5, 5.41) is 2.85. The molecule has 4 aromatic carbocycles. The number of para-hydroxylation sites is 2. The van der Waals surface area contributed by atoms with Crippen LogP contribution in [0.1, 0.15) is 149 Å². The van der Waals surface area contributed by atoms with Crippen molar-refractivity contribution in [3.8, 4) is 0 Å². The number of rotatable bonds is 17. The van der Waals surface area contributed by atoms with E-state index in [2.05, 4.69) is 126 Å². The number of hydrogen-bond donors (Lipinski definition) is 0. The summed E-state index contributed by atoms with van der Waals surface area (Å²) in [6.45, 7) is 36.7. The summed E-state index contributed by atoms with van der Waals surface area (Å²) < 4.78 is 45.5. The molecule has 2 aliphatic rings. The van der Waals surface area contributed by atoms with Crippen molar-refractivity contribution in [3.63, 3.8) is 0 Å². The van der Waals surface area contributed by atoms with Gasteiger partial charge in [0.1, 0.15) is 36.1 Å². The third-order valence-electron chi connectivity index (χ3n) is 17.0. The van der Waals surface area contributed by atoms with Crippen LogP contribution in [0.3, 0.4) is 0 Å². The first-order valence-electron chi connectivity index (χ1n) is 31.7. The lowest BCUT2D eigenvalue weighted by Crippen LogP contribution is -2.50. The number of aryl methyl sites for hydroxylation is 1. The Hall–Kier alpha value is -6.60. The number of ketones is 2. The van der Waals surface area contributed by atoms with E-state index in [4.69, 9.17) is 32.5 Å². The van der Waals surface area contributed by atoms with Gasteiger partial charge in [-0.1, -0.05) is 155 Å². The second-order valence-electron chi connectivity index (χ2n) is 30.0. The lowest BCUT2D eigenvalue weighted by atomic mass is 9.90. The summed E-state index contributed by atoms with van der Waals surface area (Å²) in [5.41, 5.74) is 0.796. The highest BCUT2D eigenvalue weighted by atomic mass is 79.9. The quantitative estimate of drug-likeness (QED) is 0.0361. The molecule has 4 unspecified atom stereocenters. The predicted molar refractivity (Wildman–Crippen MR) is 372 cm³/mol. The third kappa shape index (κ3) is 19.8. The fourth-order valence-electron chi connectivity index (χ4n) is 10.1. The fraction of sp³-hybridized carbons (Fsp3) is 0.514. The summed E-state index contributed by atoms with van der Waals surface area (Å²) in [6.07, 6.45) is 1.10. The second kappa shape index (κ2) is 30.0. The van der Waals surface area contributed by atoms with Crippen molar-refractivity contribution < 1.29 is 66.1 Å². The fourth-order valence-corrected chi connectivity index (χ4v) is 12.6. The molecule has 506 valence electrons. The van der Waals surface area contributed by atoms with E-state index in [1.54, 1.807) is 123 Å². The number of carbonyl (C=O) groups excluding carboxylic acids is 7. The Balaban J connectivity index is 0.000000264. The third-order valence-corrected chi connectivity index (χ3v) is 26.6. The van der Waals surface area contributed by atoms with E-state index in [9.17, 15) is 33.6 Å². The topological polar surface area (TPSA) is 200 Å². The van der Waals surface area contributed by atoms with Crippen LogP contribution in [0.5, 0.6) is 0 Å². The van der Waals surface area contributed by atoms with Gasteiger partial charge in [-0.2, -0.15) is 0 Å². The summed E-state index contributed by atoms with van der Waals surface area (Å²) >= 11 is 3.48. The van der Waals surface area contributed by atoms with Crippen LogP contribution < -0.4 is 0 Å². The van der Waals surface area contributed by atoms with E-state index >= 15 is 0 Å². The van der Waals surface area contributed by atoms with E-state index in [-0.39, 0.29) is 60.7 Å². The molecule has 6 aromatic rings. The minimum absolute atomic E-state index is 0.00956. The molecule has 0 saturated carbocycles. The Morgan fingerprint density at radius 1 is 0.538 bits per heavy atom. The van der Waals surface area contributed by atoms with Crippen LogP contribution in [0.4, 0.5) is 14.4 Å². The van der Waals surface area contributed by atoms with Crippen molar-refractivity contribution in [1.29, 1.82) is 0 Å². The molecule has 0 N–H and O–H groups in total. The minimum Gasteiger partial charge on any atom is -0.443 e. The SMILES string of the molecule is CC(C)(C)OC(=O)N1C(=O)C(Cc2cn(C(=O)OC(C)(C)C)c3ccccc23)(OCC(=O)c2ccccc2)CC1CO[Si](C)(C)C(C)(C)C.CC(C)(C)OC(=O)N1C(=O)C(OCC(=O)c2ccccc2)CC1CO[Si](C)(C)C(C)(C)C.Cn1cc(CBr)c2ccccc21. The predicted octanol–water partition coefficient (Wildman–Crippen LogP) is 16.0. The van der Waals surface area contributed by atoms with E-state index in [1.165, 1.54) is 21.0 Å². The number of benzene rings is 4. The molecule has 2 aromatic heterocycles. The number of Topliss-reactive ketones (excluding diaryl/α,β-unsaturated/α-hetero) is 2. The van der Waals surface area contributed by atoms with E-state index in [1.807, 2.05) is 30.3 Å². The molecule has 4 amide bonds. The number of hydrogen-bond acceptors (Lipinski definition) is 14. The van der Waals surface area contributed by atoms with Gasteiger partial charge < -0.3 is 37.1 Å². The van der Waals surface area contributed by atoms with E-state index in [0.29, 0.717) is 27.6 Å². The van der Waals surface area contributed by atoms with E-state index in [0.717, 1.165) is 15.1 Å². The average molecular weight is 1380 g/mol. The van der Waals surface area contributed by atoms with Crippen molar-refractivity contribution in [2.24, 2.45) is 7.05 Å². The van der Waals surface area contributed by atoms with Crippen molar-refractivity contribution in [1.82, 2.24) is 18.9 Å². The summed E-state index contributed by atoms with van der Waals surface area (Å²) in [7, 11) is -2.33. The molecule has 21 heteroatoms. The largest absolute Gasteiger partial charge is 0.443 e. The zero-order chi connectivity index (χ0) is 69.5. The highest BCUT2D eigenvalue weighted by Crippen LogP contribution is 2.42. The number of amides is 4. The number of alkyl halides is 1. The normalized spacial score (nSPS) is 18.2. The monoisotopic (exact) mass is 1380 g/mol. The van der Waals surface area contributed by atoms with Crippen LogP contribution in [0.25, 0.3) is 21.8 Å². The van der Waals surface area contributed by atoms with Gasteiger partial charge in [-0.3, -0.25) is 23.7 Å². The molecule has 4 heterocycles. The highest BCUT2D eigenvalue weighted by molar-refractivity contribution is 9.08. The molecule has 4 atom stereocenters. The Kier molecular flexibility index (Phi) is 24.3. The first kappa shape index (κ1) is 75.4. The number of aromatic nitrogens is 2. The van der Waals surface area contributed by atoms with Crippen LogP contribution in [-0.4, -0.2) is 144 Å². The molecular weight excluding hydrogens is 1280 g/mol. The van der Waals surface area contributed by atoms with Gasteiger partial charge in [0.15, 0.2) is 33.8 Å². The molecule has 8 rings (SSSR count). The molecule has 0 bridgehead atoms. The van der Waals surface area contributed by atoms with Crippen LogP contribution in [0.15, 0.2) is 122 Å². The van der Waals surface area contributed by atoms with Gasteiger partial charge in [0, 0.05) is 71.4 Å². The lowest BCUT2D eigenvalue weighted by molar-refractivity contribution is -0.147. The number of imide groups is 2. The number of nitrogens with zero attached hydrogens (tertiary/aromatic N) is 4. The molecule has 2 aliphatic heterocycles. The van der Waals surface area contributed by atoms with Gasteiger partial charge in [0.2, 0.25) is 0 Å². The Morgan fingerprint density at radius 3 is 1.45 bits per heavy atom. The Morgan fingerprint density at radius 2 is 0.968 bits per heavy atom. The summed E-state index contributed by atoms with van der Waals surface area (Å²) in [4.78, 5) is 95.8. The van der Waals surface area contributed by atoms with Crippen molar-refractivity contribution in [2.75, 3.05) is 26.4 Å². The number of fused-ring (bicyclic) bond motifs is 2. The maximum absolute atomic E-state index is 14.8. The molecule has 2 saturated heterocycles. The number of carbonyl (C=O) groups is 7. The number of ether oxygens (including phenoxy) is 5. The van der Waals surface area contributed by atoms with Gasteiger partial charge in [-0.05, 0) is 122 Å². The van der Waals surface area contributed by atoms with Crippen LogP contribution in [0, 0.1) is 0 Å². The smallest absolute Gasteiger partial charge is 0.419 e. The number of halogens is 1. The first-order valence-corrected chi connectivity index (χ1v) is 38.7. The molecule has 0 radical (unpaired) electrons. The molecule has 0 spiro atoms. The van der Waals surface area contributed by atoms with E-state index < -0.39 is 93.9 Å². The Labute approximate surface area is 560 Å². The van der Waals surface area contributed by atoms with Crippen LogP contribution >= 0.6 is 15.9 Å². The Bertz CT molecular complexity index is 3610. The molecule has 93 heavy (non-hydrogen) atoms. The van der Waals surface area contributed by atoms with Crippen LogP contribution in [0.2, 0.25) is 36.3 Å². The zero-order valence-electron chi connectivity index (χ0n) is 58.3. The standard InChI is InChI=1S/C38H52N2O8Si.C24H37NO6Si.C10H10BrN/c1-35(2,3)47-33(43)39-23-27(29-19-15-16-20-30(29)39)21-38(45-25-31(41)26-17-13-12-14-18-26)22-28(24-46-49(10,11)37(7,8)9)40(32(38)42)34(44)48-36(4,5)6;1-23(2,3)31-22(28)25-18(15-30-32(7,8)24(4,5)6)14-20(21(25)27)29-16-19(26)17-12-10-9-11-13-17;1-12-7-8(6-11)9-4-2-3-5-10(9)12/h12-20,23,28H,21-22,24-25H2,1-11H3;9-13,18,20H,14-16H2,1-8H3;2-5,7H,6H2,1H3. The van der Waals surface area contributed by atoms with Gasteiger partial charge in [0.05, 0.1) is 30.8 Å². The molecular formula is C72H99BrN4O14Si2. The molecule has 0 aliphatic carbocycles. The van der Waals surface area contributed by atoms with Crippen LogP contribution in [-0.2, 0) is 60.9 Å². The van der Waals surface area contributed by atoms with Crippen molar-refractivity contribution in [2.45, 2.75) is 205 Å². The first-order chi connectivity index (χ1) is 43.0. The maximum Gasteiger partial charge on any atom is 0.419 e. The zero-order valence-corrected chi connectivity index (χ0v) is 61.9. The second-order valence-corrected chi connectivity index (χ2v) is 40.2. The molecule has 2 fully saturated rings. The lowest BCUT2D eigenvalue weighted by Gasteiger charge is -2.37. The van der Waals surface area contributed by atoms with Gasteiger partial charge in [-0.25, -0.2) is 24.2 Å². The summed E-state index contributed by atoms with van der Waals surface area (Å²) in [6, 6.07) is 32.0. The number of likely N-dealkylation sites (tertiary alicyclic amines) is 2. The molecule has 18 nitrogen and oxygen atoms in total. The van der Waals surface area contributed by atoms with Gasteiger partial charge in [-0.15, -0.1) is 0 Å². The van der Waals surface area contributed by atoms with Gasteiger partial charge >= 0.3 is 18.3 Å². The van der Waals surface area contributed by atoms with Crippen molar-refractivity contribution in [3.05, 3.63) is 144 Å². The maximum atomic E-state index is 14.8. The van der Waals surface area contributed by atoms with Crippen molar-refractivity contribution >= 4 is 96.0 Å². The van der Waals surface area contributed by atoms with Gasteiger partial charge in [0.25, 0.3) is 11.8 Å². The minimum atomic E-state index is -2.31. The highest BCUT2D eigenvalue weighted by Gasteiger charge is 2.57. The summed E-state index contributed by atoms with van der Waals surface area (Å²) in [5.74, 6) is -1.65.